The summed E-state index contributed by atoms with van der Waals surface area (Å²) >= 11 is 0. The van der Waals surface area contributed by atoms with Gasteiger partial charge in [0.2, 0.25) is 0 Å². The number of fused-ring (bicyclic) bond motifs is 3. The summed E-state index contributed by atoms with van der Waals surface area (Å²) in [5, 5.41) is 9.79. The van der Waals surface area contributed by atoms with Crippen LogP contribution in [0.15, 0.2) is 78.9 Å². The Morgan fingerprint density at radius 3 is 2.21 bits per heavy atom. The highest BCUT2D eigenvalue weighted by Crippen LogP contribution is 2.44. The summed E-state index contributed by atoms with van der Waals surface area (Å²) in [7, 11) is 0. The van der Waals surface area contributed by atoms with Crippen molar-refractivity contribution in [1.82, 2.24) is 0 Å². The Kier molecular flexibility index (Phi) is 3.36. The highest BCUT2D eigenvalue weighted by atomic mass is 16.2. The quantitative estimate of drug-likeness (QED) is 0.660. The van der Waals surface area contributed by atoms with Crippen LogP contribution in [0, 0.1) is 11.3 Å². The number of hydrogen-bond acceptors (Lipinski definition) is 2. The van der Waals surface area contributed by atoms with Crippen molar-refractivity contribution in [3.05, 3.63) is 90.0 Å². The van der Waals surface area contributed by atoms with Crippen molar-refractivity contribution in [1.29, 1.82) is 5.26 Å². The van der Waals surface area contributed by atoms with E-state index >= 15 is 0 Å². The Balaban J connectivity index is 1.94. The van der Waals surface area contributed by atoms with Crippen LogP contribution in [-0.2, 0) is 0 Å². The molecule has 0 saturated carbocycles. The molecule has 0 fully saturated rings. The van der Waals surface area contributed by atoms with Gasteiger partial charge >= 0.3 is 0 Å². The molecule has 1 atom stereocenters. The molecule has 0 unspecified atom stereocenters. The standard InChI is InChI=1S/C21H14N2O/c22-14-20-18-12-5-4-10-16(18)17-11-6-7-13-19(17)23(20)21(24)15-8-2-1-3-9-15/h1-13,20H/t20-/m0/s1. The van der Waals surface area contributed by atoms with Crippen molar-refractivity contribution >= 4 is 11.6 Å². The fourth-order valence-electron chi connectivity index (χ4n) is 3.24. The molecule has 1 aliphatic heterocycles. The normalized spacial score (nSPS) is 15.1. The number of rotatable bonds is 1. The summed E-state index contributed by atoms with van der Waals surface area (Å²) in [5.74, 6) is -0.163. The number of hydrogen-bond donors (Lipinski definition) is 0. The van der Waals surface area contributed by atoms with Gasteiger partial charge in [-0.2, -0.15) is 5.26 Å². The lowest BCUT2D eigenvalue weighted by Gasteiger charge is -2.35. The molecule has 0 saturated heterocycles. The average molecular weight is 310 g/mol. The first-order chi connectivity index (χ1) is 11.8. The van der Waals surface area contributed by atoms with E-state index in [-0.39, 0.29) is 5.91 Å². The van der Waals surface area contributed by atoms with Gasteiger partial charge in [-0.3, -0.25) is 9.69 Å². The fourth-order valence-corrected chi connectivity index (χ4v) is 3.24. The molecule has 3 aromatic rings. The van der Waals surface area contributed by atoms with Crippen molar-refractivity contribution in [3.63, 3.8) is 0 Å². The highest BCUT2D eigenvalue weighted by molar-refractivity contribution is 6.10. The first kappa shape index (κ1) is 14.2. The third-order valence-electron chi connectivity index (χ3n) is 4.33. The molecule has 1 heterocycles. The molecule has 3 nitrogen and oxygen atoms in total. The Labute approximate surface area is 140 Å². The van der Waals surface area contributed by atoms with Crippen molar-refractivity contribution in [2.45, 2.75) is 6.04 Å². The van der Waals surface area contributed by atoms with Gasteiger partial charge in [0, 0.05) is 11.1 Å². The lowest BCUT2D eigenvalue weighted by molar-refractivity contribution is 0.0981. The molecule has 114 valence electrons. The van der Waals surface area contributed by atoms with Crippen LogP contribution in [0.3, 0.4) is 0 Å². The van der Waals surface area contributed by atoms with E-state index in [1.54, 1.807) is 17.0 Å². The topological polar surface area (TPSA) is 44.1 Å². The van der Waals surface area contributed by atoms with Crippen molar-refractivity contribution < 1.29 is 4.79 Å². The van der Waals surface area contributed by atoms with Gasteiger partial charge in [-0.15, -0.1) is 0 Å². The summed E-state index contributed by atoms with van der Waals surface area (Å²) in [4.78, 5) is 14.7. The summed E-state index contributed by atoms with van der Waals surface area (Å²) in [6, 6.07) is 26.3. The molecule has 0 bridgehead atoms. The Morgan fingerprint density at radius 1 is 0.833 bits per heavy atom. The zero-order chi connectivity index (χ0) is 16.5. The first-order valence-corrected chi connectivity index (χ1v) is 7.78. The van der Waals surface area contributed by atoms with E-state index in [4.69, 9.17) is 0 Å². The van der Waals surface area contributed by atoms with Crippen molar-refractivity contribution in [2.24, 2.45) is 0 Å². The van der Waals surface area contributed by atoms with Gasteiger partial charge in [0.05, 0.1) is 11.8 Å². The number of amides is 1. The Hall–Kier alpha value is -3.38. The van der Waals surface area contributed by atoms with Crippen LogP contribution >= 0.6 is 0 Å². The molecule has 0 aliphatic carbocycles. The second-order valence-electron chi connectivity index (χ2n) is 5.68. The van der Waals surface area contributed by atoms with Gasteiger partial charge in [-0.25, -0.2) is 0 Å². The highest BCUT2D eigenvalue weighted by Gasteiger charge is 2.35. The molecular weight excluding hydrogens is 296 g/mol. The van der Waals surface area contributed by atoms with E-state index in [9.17, 15) is 10.1 Å². The number of nitrogens with zero attached hydrogens (tertiary/aromatic N) is 2. The molecule has 3 heteroatoms. The second kappa shape index (κ2) is 5.68. The van der Waals surface area contributed by atoms with Crippen LogP contribution < -0.4 is 4.90 Å². The third kappa shape index (κ3) is 2.09. The Bertz CT molecular complexity index is 957. The number of para-hydroxylation sites is 1. The first-order valence-electron chi connectivity index (χ1n) is 7.78. The summed E-state index contributed by atoms with van der Waals surface area (Å²) in [6.07, 6.45) is 0. The largest absolute Gasteiger partial charge is 0.287 e. The van der Waals surface area contributed by atoms with Crippen molar-refractivity contribution in [3.8, 4) is 17.2 Å². The summed E-state index contributed by atoms with van der Waals surface area (Å²) in [5.41, 5.74) is 4.20. The molecule has 4 rings (SSSR count). The number of nitriles is 1. The van der Waals surface area contributed by atoms with E-state index in [0.717, 1.165) is 22.4 Å². The minimum absolute atomic E-state index is 0.163. The minimum atomic E-state index is -0.635. The maximum absolute atomic E-state index is 13.1. The number of benzene rings is 3. The van der Waals surface area contributed by atoms with E-state index in [1.807, 2.05) is 66.7 Å². The van der Waals surface area contributed by atoms with Crippen LogP contribution in [0.4, 0.5) is 5.69 Å². The third-order valence-corrected chi connectivity index (χ3v) is 4.33. The maximum Gasteiger partial charge on any atom is 0.259 e. The molecule has 0 radical (unpaired) electrons. The van der Waals surface area contributed by atoms with E-state index < -0.39 is 6.04 Å². The molecule has 0 N–H and O–H groups in total. The van der Waals surface area contributed by atoms with Gasteiger partial charge in [0.25, 0.3) is 5.91 Å². The molecular formula is C21H14N2O. The van der Waals surface area contributed by atoms with Gasteiger partial charge in [-0.1, -0.05) is 60.7 Å². The molecule has 0 spiro atoms. The number of carbonyl (C=O) groups excluding carboxylic acids is 1. The lowest BCUT2D eigenvalue weighted by Crippen LogP contribution is -2.37. The predicted octanol–water partition coefficient (Wildman–Crippen LogP) is 4.58. The van der Waals surface area contributed by atoms with Crippen LogP contribution in [-0.4, -0.2) is 5.91 Å². The maximum atomic E-state index is 13.1. The molecule has 24 heavy (non-hydrogen) atoms. The number of anilines is 1. The molecule has 1 aliphatic rings. The van der Waals surface area contributed by atoms with Gasteiger partial charge < -0.3 is 0 Å². The zero-order valence-corrected chi connectivity index (χ0v) is 12.9. The molecule has 0 aromatic heterocycles. The van der Waals surface area contributed by atoms with Gasteiger partial charge in [-0.05, 0) is 29.3 Å². The second-order valence-corrected chi connectivity index (χ2v) is 5.68. The van der Waals surface area contributed by atoms with Crippen LogP contribution in [0.1, 0.15) is 22.0 Å². The SMILES string of the molecule is N#C[C@H]1c2ccccc2-c2ccccc2N1C(=O)c1ccccc1. The smallest absolute Gasteiger partial charge is 0.259 e. The number of carbonyl (C=O) groups is 1. The zero-order valence-electron chi connectivity index (χ0n) is 12.9. The van der Waals surface area contributed by atoms with Crippen molar-refractivity contribution in [2.75, 3.05) is 4.90 Å². The van der Waals surface area contributed by atoms with Crippen LogP contribution in [0.25, 0.3) is 11.1 Å². The van der Waals surface area contributed by atoms with Crippen LogP contribution in [0.2, 0.25) is 0 Å². The summed E-state index contributed by atoms with van der Waals surface area (Å²) < 4.78 is 0. The molecule has 3 aromatic carbocycles. The summed E-state index contributed by atoms with van der Waals surface area (Å²) in [6.45, 7) is 0. The van der Waals surface area contributed by atoms with E-state index in [2.05, 4.69) is 6.07 Å². The lowest BCUT2D eigenvalue weighted by atomic mass is 9.88. The van der Waals surface area contributed by atoms with E-state index in [0.29, 0.717) is 5.56 Å². The predicted molar refractivity (Wildman–Crippen MR) is 93.5 cm³/mol. The Morgan fingerprint density at radius 2 is 1.46 bits per heavy atom. The minimum Gasteiger partial charge on any atom is -0.287 e. The monoisotopic (exact) mass is 310 g/mol. The molecule has 1 amide bonds. The van der Waals surface area contributed by atoms with E-state index in [1.165, 1.54) is 0 Å². The fraction of sp³-hybridized carbons (Fsp3) is 0.0476. The van der Waals surface area contributed by atoms with Gasteiger partial charge in [0.1, 0.15) is 6.04 Å². The van der Waals surface area contributed by atoms with Gasteiger partial charge in [0.15, 0.2) is 0 Å². The van der Waals surface area contributed by atoms with Crippen LogP contribution in [0.5, 0.6) is 0 Å². The average Bonchev–Trinajstić information content (AvgIpc) is 2.67.